The van der Waals surface area contributed by atoms with Crippen molar-refractivity contribution in [3.63, 3.8) is 0 Å². The third-order valence-corrected chi connectivity index (χ3v) is 8.91. The summed E-state index contributed by atoms with van der Waals surface area (Å²) in [5, 5.41) is 23.6. The molecule has 1 amide bonds. The molecule has 0 fully saturated rings. The average Bonchev–Trinajstić information content (AvgIpc) is 3.86. The standard InChI is InChI=1S/C15H12N6O2S.C14H11N7OS/c1-23-14(22)11-5-9-12(19-15(16)20-13(9)24-11)18-8-2-3-10-7(4-8)6-17-21-10;15-11(22)10-4-8-12(19-14(16)20-13(8)23-10)18-7-1-2-9-6(3-7)5-17-21-9/h2-6H,1H3,(H,17,21)(H3,16,18,19,20);1-5H,(H2,15,22)(H,17,21)(H3,16,18,19,20). The number of esters is 1. The smallest absolute Gasteiger partial charge is 0.348 e. The number of nitrogens with zero attached hydrogens (tertiary/aromatic N) is 6. The molecule has 0 spiro atoms. The first-order chi connectivity index (χ1) is 22.7. The second kappa shape index (κ2) is 11.8. The summed E-state index contributed by atoms with van der Waals surface area (Å²) in [5.74, 6) is 0.403. The number of hydrogen-bond donors (Lipinski definition) is 7. The zero-order valence-corrected chi connectivity index (χ0v) is 25.9. The number of hydrogen-bond acceptors (Lipinski definition) is 15. The van der Waals surface area contributed by atoms with Crippen molar-refractivity contribution in [1.29, 1.82) is 0 Å². The average molecular weight is 666 g/mol. The number of carbonyl (C=O) groups excluding carboxylic acids is 2. The lowest BCUT2D eigenvalue weighted by Gasteiger charge is -2.07. The maximum absolute atomic E-state index is 11.7. The van der Waals surface area contributed by atoms with Crippen LogP contribution >= 0.6 is 22.7 Å². The Kier molecular flexibility index (Phi) is 7.38. The minimum atomic E-state index is -0.502. The fourth-order valence-electron chi connectivity index (χ4n) is 4.70. The highest BCUT2D eigenvalue weighted by atomic mass is 32.1. The first-order valence-corrected chi connectivity index (χ1v) is 15.3. The highest BCUT2D eigenvalue weighted by Gasteiger charge is 2.17. The molecule has 0 radical (unpaired) electrons. The monoisotopic (exact) mass is 665 g/mol. The number of fused-ring (bicyclic) bond motifs is 4. The predicted molar refractivity (Wildman–Crippen MR) is 182 cm³/mol. The van der Waals surface area contributed by atoms with Gasteiger partial charge in [-0.2, -0.15) is 20.2 Å². The Morgan fingerprint density at radius 2 is 1.21 bits per heavy atom. The van der Waals surface area contributed by atoms with Crippen molar-refractivity contribution in [2.75, 3.05) is 29.2 Å². The number of aromatic nitrogens is 8. The molecule has 2 aromatic carbocycles. The summed E-state index contributed by atoms with van der Waals surface area (Å²) < 4.78 is 4.75. The van der Waals surface area contributed by atoms with Gasteiger partial charge in [0, 0.05) is 22.1 Å². The minimum Gasteiger partial charge on any atom is -0.465 e. The molecule has 8 aromatic rings. The van der Waals surface area contributed by atoms with Crippen molar-refractivity contribution in [1.82, 2.24) is 40.3 Å². The second-order valence-electron chi connectivity index (χ2n) is 9.97. The van der Waals surface area contributed by atoms with Gasteiger partial charge in [-0.15, -0.1) is 22.7 Å². The van der Waals surface area contributed by atoms with Crippen LogP contribution in [0.5, 0.6) is 0 Å². The van der Waals surface area contributed by atoms with Gasteiger partial charge in [0.15, 0.2) is 0 Å². The Hall–Kier alpha value is -6.40. The molecule has 0 saturated carbocycles. The molecule has 8 rings (SSSR count). The predicted octanol–water partition coefficient (Wildman–Crippen LogP) is 4.67. The number of H-pyrrole nitrogens is 2. The Bertz CT molecular complexity index is 2460. The Morgan fingerprint density at radius 3 is 1.70 bits per heavy atom. The molecule has 10 N–H and O–H groups in total. The van der Waals surface area contributed by atoms with Crippen LogP contribution in [-0.2, 0) is 4.74 Å². The van der Waals surface area contributed by atoms with Gasteiger partial charge in [0.2, 0.25) is 11.9 Å². The number of amides is 1. The van der Waals surface area contributed by atoms with E-state index in [1.807, 2.05) is 36.4 Å². The van der Waals surface area contributed by atoms with Gasteiger partial charge in [-0.3, -0.25) is 15.0 Å². The summed E-state index contributed by atoms with van der Waals surface area (Å²) in [5.41, 5.74) is 20.4. The Morgan fingerprint density at radius 1 is 0.723 bits per heavy atom. The zero-order valence-electron chi connectivity index (χ0n) is 24.2. The number of benzene rings is 2. The maximum atomic E-state index is 11.7. The molecular weight excluding hydrogens is 643 g/mol. The van der Waals surface area contributed by atoms with Gasteiger partial charge in [-0.05, 0) is 48.5 Å². The summed E-state index contributed by atoms with van der Waals surface area (Å²) in [6, 6.07) is 14.9. The van der Waals surface area contributed by atoms with Crippen molar-refractivity contribution in [3.05, 3.63) is 70.7 Å². The van der Waals surface area contributed by atoms with E-state index < -0.39 is 11.9 Å². The number of aromatic amines is 2. The van der Waals surface area contributed by atoms with Gasteiger partial charge < -0.3 is 32.6 Å². The number of nitrogen functional groups attached to an aromatic ring is 2. The molecule has 0 bridgehead atoms. The number of rotatable bonds is 6. The van der Waals surface area contributed by atoms with E-state index >= 15 is 0 Å². The zero-order chi connectivity index (χ0) is 32.7. The number of thiophene rings is 2. The van der Waals surface area contributed by atoms with E-state index in [1.54, 1.807) is 24.5 Å². The van der Waals surface area contributed by atoms with Crippen molar-refractivity contribution in [3.8, 4) is 0 Å². The fourth-order valence-corrected chi connectivity index (χ4v) is 6.55. The van der Waals surface area contributed by atoms with Crippen molar-refractivity contribution < 1.29 is 14.3 Å². The van der Waals surface area contributed by atoms with E-state index in [0.29, 0.717) is 41.8 Å². The number of methoxy groups -OCH3 is 1. The normalized spacial score (nSPS) is 11.1. The molecule has 0 aliphatic rings. The lowest BCUT2D eigenvalue weighted by Crippen LogP contribution is -2.08. The van der Waals surface area contributed by atoms with Crippen LogP contribution in [0.15, 0.2) is 60.9 Å². The first kappa shape index (κ1) is 29.3. The lowest BCUT2D eigenvalue weighted by atomic mass is 10.2. The van der Waals surface area contributed by atoms with Crippen LogP contribution in [0, 0.1) is 0 Å². The van der Waals surface area contributed by atoms with E-state index in [0.717, 1.165) is 33.2 Å². The summed E-state index contributed by atoms with van der Waals surface area (Å²) in [4.78, 5) is 42.0. The molecule has 234 valence electrons. The molecule has 0 aliphatic carbocycles. The maximum Gasteiger partial charge on any atom is 0.348 e. The molecule has 0 atom stereocenters. The molecule has 0 saturated heterocycles. The SMILES string of the molecule is COC(=O)c1cc2c(Nc3ccc4[nH]ncc4c3)nc(N)nc2s1.NC(=O)c1cc2c(Nc3ccc4[nH]ncc4c3)nc(N)nc2s1. The van der Waals surface area contributed by atoms with Crippen LogP contribution < -0.4 is 27.8 Å². The fraction of sp³-hybridized carbons (Fsp3) is 0.0345. The quantitative estimate of drug-likeness (QED) is 0.119. The molecule has 16 nitrogen and oxygen atoms in total. The second-order valence-corrected chi connectivity index (χ2v) is 12.0. The summed E-state index contributed by atoms with van der Waals surface area (Å²) >= 11 is 2.40. The van der Waals surface area contributed by atoms with Crippen molar-refractivity contribution >= 4 is 112 Å². The van der Waals surface area contributed by atoms with Crippen LogP contribution in [0.3, 0.4) is 0 Å². The van der Waals surface area contributed by atoms with E-state index in [2.05, 4.69) is 51.0 Å². The number of nitrogens with two attached hydrogens (primary N) is 3. The van der Waals surface area contributed by atoms with Gasteiger partial charge in [0.25, 0.3) is 5.91 Å². The van der Waals surface area contributed by atoms with E-state index in [4.69, 9.17) is 21.9 Å². The van der Waals surface area contributed by atoms with E-state index in [-0.39, 0.29) is 11.9 Å². The summed E-state index contributed by atoms with van der Waals surface area (Å²) in [7, 11) is 1.34. The summed E-state index contributed by atoms with van der Waals surface area (Å²) in [6.07, 6.45) is 3.48. The molecule has 6 heterocycles. The highest BCUT2D eigenvalue weighted by Crippen LogP contribution is 2.33. The van der Waals surface area contributed by atoms with Crippen LogP contribution in [0.4, 0.5) is 34.9 Å². The lowest BCUT2D eigenvalue weighted by molar-refractivity contribution is 0.0606. The van der Waals surface area contributed by atoms with Crippen LogP contribution in [0.1, 0.15) is 19.3 Å². The number of carbonyl (C=O) groups is 2. The minimum absolute atomic E-state index is 0.127. The number of nitrogens with one attached hydrogen (secondary N) is 4. The molecule has 47 heavy (non-hydrogen) atoms. The van der Waals surface area contributed by atoms with Gasteiger partial charge in [0.05, 0.1) is 46.2 Å². The first-order valence-electron chi connectivity index (χ1n) is 13.7. The van der Waals surface area contributed by atoms with Crippen LogP contribution in [-0.4, -0.2) is 59.3 Å². The van der Waals surface area contributed by atoms with Gasteiger partial charge in [-0.1, -0.05) is 0 Å². The van der Waals surface area contributed by atoms with Crippen molar-refractivity contribution in [2.24, 2.45) is 5.73 Å². The number of anilines is 6. The van der Waals surface area contributed by atoms with Crippen LogP contribution in [0.2, 0.25) is 0 Å². The van der Waals surface area contributed by atoms with Crippen molar-refractivity contribution in [2.45, 2.75) is 0 Å². The summed E-state index contributed by atoms with van der Waals surface area (Å²) in [6.45, 7) is 0. The third kappa shape index (κ3) is 5.88. The highest BCUT2D eigenvalue weighted by molar-refractivity contribution is 7.20. The number of ether oxygens (including phenoxy) is 1. The molecule has 0 aliphatic heterocycles. The van der Waals surface area contributed by atoms with Crippen LogP contribution in [0.25, 0.3) is 42.2 Å². The topological polar surface area (TPSA) is 254 Å². The van der Waals surface area contributed by atoms with Gasteiger partial charge in [-0.25, -0.2) is 14.8 Å². The number of primary amides is 1. The van der Waals surface area contributed by atoms with Gasteiger partial charge in [0.1, 0.15) is 26.2 Å². The Balaban J connectivity index is 0.000000150. The van der Waals surface area contributed by atoms with Gasteiger partial charge >= 0.3 is 5.97 Å². The molecule has 6 aromatic heterocycles. The van der Waals surface area contributed by atoms with E-state index in [9.17, 15) is 9.59 Å². The molecule has 18 heteroatoms. The third-order valence-electron chi connectivity index (χ3n) is 6.86. The molecule has 0 unspecified atom stereocenters. The Labute approximate surface area is 271 Å². The molecular formula is C29H23N13O3S2. The van der Waals surface area contributed by atoms with E-state index in [1.165, 1.54) is 29.8 Å². The largest absolute Gasteiger partial charge is 0.465 e.